The molecule has 0 unspecified atom stereocenters. The largest absolute Gasteiger partial charge is 0.356 e. The van der Waals surface area contributed by atoms with Gasteiger partial charge < -0.3 is 15.5 Å². The van der Waals surface area contributed by atoms with Crippen LogP contribution in [0, 0.1) is 0 Å². The van der Waals surface area contributed by atoms with Crippen LogP contribution in [0.2, 0.25) is 0 Å². The van der Waals surface area contributed by atoms with Gasteiger partial charge in [-0.15, -0.1) is 0 Å². The first-order valence-electron chi connectivity index (χ1n) is 7.38. The Morgan fingerprint density at radius 3 is 2.50 bits per heavy atom. The van der Waals surface area contributed by atoms with E-state index in [1.54, 1.807) is 0 Å². The second-order valence-corrected chi connectivity index (χ2v) is 5.40. The van der Waals surface area contributed by atoms with Crippen LogP contribution in [0.4, 0.5) is 0 Å². The Balaban J connectivity index is 2.26. The lowest BCUT2D eigenvalue weighted by Crippen LogP contribution is -2.49. The van der Waals surface area contributed by atoms with E-state index in [1.165, 1.54) is 38.8 Å². The highest BCUT2D eigenvalue weighted by molar-refractivity contribution is 5.79. The minimum absolute atomic E-state index is 0.577. The van der Waals surface area contributed by atoms with Gasteiger partial charge in [0.1, 0.15) is 0 Å². The molecule has 0 saturated carbocycles. The fraction of sp³-hybridized carbons (Fsp3) is 0.929. The van der Waals surface area contributed by atoms with Crippen molar-refractivity contribution in [2.75, 3.05) is 26.7 Å². The van der Waals surface area contributed by atoms with Crippen molar-refractivity contribution in [1.29, 1.82) is 0 Å². The van der Waals surface area contributed by atoms with Gasteiger partial charge in [-0.05, 0) is 33.1 Å². The highest BCUT2D eigenvalue weighted by atomic mass is 15.2. The van der Waals surface area contributed by atoms with E-state index in [9.17, 15) is 0 Å². The fourth-order valence-corrected chi connectivity index (χ4v) is 2.33. The Hall–Kier alpha value is -0.770. The maximum absolute atomic E-state index is 4.29. The van der Waals surface area contributed by atoms with E-state index in [0.29, 0.717) is 12.1 Å². The molecule has 0 radical (unpaired) electrons. The van der Waals surface area contributed by atoms with E-state index in [0.717, 1.165) is 12.5 Å². The third-order valence-electron chi connectivity index (χ3n) is 3.65. The van der Waals surface area contributed by atoms with Crippen molar-refractivity contribution in [3.63, 3.8) is 0 Å². The lowest BCUT2D eigenvalue weighted by atomic mass is 10.0. The number of likely N-dealkylation sites (tertiary alicyclic amines) is 1. The molecule has 1 rings (SSSR count). The van der Waals surface area contributed by atoms with Crippen molar-refractivity contribution >= 4 is 5.96 Å². The monoisotopic (exact) mass is 254 g/mol. The first kappa shape index (κ1) is 15.3. The van der Waals surface area contributed by atoms with Crippen LogP contribution >= 0.6 is 0 Å². The highest BCUT2D eigenvalue weighted by Gasteiger charge is 2.21. The Bertz CT molecular complexity index is 242. The van der Waals surface area contributed by atoms with Crippen molar-refractivity contribution in [1.82, 2.24) is 15.5 Å². The summed E-state index contributed by atoms with van der Waals surface area (Å²) in [4.78, 5) is 6.84. The van der Waals surface area contributed by atoms with E-state index in [2.05, 4.69) is 41.3 Å². The van der Waals surface area contributed by atoms with Gasteiger partial charge in [0.15, 0.2) is 5.96 Å². The van der Waals surface area contributed by atoms with Crippen molar-refractivity contribution in [2.24, 2.45) is 4.99 Å². The van der Waals surface area contributed by atoms with Crippen molar-refractivity contribution in [2.45, 2.75) is 58.5 Å². The molecule has 0 aromatic heterocycles. The Morgan fingerprint density at radius 1 is 1.33 bits per heavy atom. The lowest BCUT2D eigenvalue weighted by Gasteiger charge is -2.35. The molecule has 0 bridgehead atoms. The Labute approximate surface area is 112 Å². The summed E-state index contributed by atoms with van der Waals surface area (Å²) in [5.74, 6) is 0.964. The molecule has 0 aromatic rings. The van der Waals surface area contributed by atoms with Gasteiger partial charge in [-0.3, -0.25) is 4.99 Å². The molecular weight excluding hydrogens is 224 g/mol. The molecule has 106 valence electrons. The molecule has 0 amide bonds. The van der Waals surface area contributed by atoms with Crippen LogP contribution in [0.5, 0.6) is 0 Å². The maximum Gasteiger partial charge on any atom is 0.191 e. The van der Waals surface area contributed by atoms with Gasteiger partial charge in [-0.2, -0.15) is 0 Å². The maximum atomic E-state index is 4.29. The number of rotatable bonds is 5. The Morgan fingerprint density at radius 2 is 2.00 bits per heavy atom. The number of guanidine groups is 1. The topological polar surface area (TPSA) is 39.7 Å². The van der Waals surface area contributed by atoms with Gasteiger partial charge in [0.25, 0.3) is 0 Å². The van der Waals surface area contributed by atoms with Crippen LogP contribution in [0.3, 0.4) is 0 Å². The SMILES string of the molecule is CCCCNC(=NC)NC1CCN(C(C)C)CC1. The van der Waals surface area contributed by atoms with Gasteiger partial charge in [0.05, 0.1) is 0 Å². The van der Waals surface area contributed by atoms with Crippen LogP contribution < -0.4 is 10.6 Å². The summed E-state index contributed by atoms with van der Waals surface area (Å²) >= 11 is 0. The van der Waals surface area contributed by atoms with Crippen LogP contribution in [0.15, 0.2) is 4.99 Å². The number of nitrogens with zero attached hydrogens (tertiary/aromatic N) is 2. The van der Waals surface area contributed by atoms with E-state index < -0.39 is 0 Å². The van der Waals surface area contributed by atoms with Gasteiger partial charge in [0.2, 0.25) is 0 Å². The molecule has 1 fully saturated rings. The molecule has 4 nitrogen and oxygen atoms in total. The lowest BCUT2D eigenvalue weighted by molar-refractivity contribution is 0.167. The molecule has 1 aliphatic heterocycles. The predicted octanol–water partition coefficient (Wildman–Crippen LogP) is 1.82. The molecule has 0 aromatic carbocycles. The van der Waals surface area contributed by atoms with Gasteiger partial charge in [-0.25, -0.2) is 0 Å². The summed E-state index contributed by atoms with van der Waals surface area (Å²) in [6, 6.07) is 1.25. The molecule has 0 aliphatic carbocycles. The van der Waals surface area contributed by atoms with Crippen LogP contribution in [-0.4, -0.2) is 49.6 Å². The van der Waals surface area contributed by atoms with Gasteiger partial charge in [0, 0.05) is 38.8 Å². The molecule has 1 heterocycles. The number of unbranched alkanes of at least 4 members (excludes halogenated alkanes) is 1. The molecule has 0 spiro atoms. The quantitative estimate of drug-likeness (QED) is 0.447. The number of nitrogens with one attached hydrogen (secondary N) is 2. The van der Waals surface area contributed by atoms with Gasteiger partial charge >= 0.3 is 0 Å². The van der Waals surface area contributed by atoms with Gasteiger partial charge in [-0.1, -0.05) is 13.3 Å². The zero-order chi connectivity index (χ0) is 13.4. The average Bonchev–Trinajstić information content (AvgIpc) is 2.38. The third-order valence-corrected chi connectivity index (χ3v) is 3.65. The predicted molar refractivity (Wildman–Crippen MR) is 79.1 cm³/mol. The highest BCUT2D eigenvalue weighted by Crippen LogP contribution is 2.12. The first-order chi connectivity index (χ1) is 8.67. The Kier molecular flexibility index (Phi) is 7.09. The molecule has 4 heteroatoms. The summed E-state index contributed by atoms with van der Waals surface area (Å²) in [5, 5.41) is 6.91. The molecule has 2 N–H and O–H groups in total. The van der Waals surface area contributed by atoms with E-state index in [4.69, 9.17) is 0 Å². The summed E-state index contributed by atoms with van der Waals surface area (Å²) in [6.07, 6.45) is 4.85. The smallest absolute Gasteiger partial charge is 0.191 e. The molecule has 0 atom stereocenters. The third kappa shape index (κ3) is 5.25. The molecule has 1 aliphatic rings. The summed E-state index contributed by atoms with van der Waals surface area (Å²) in [6.45, 7) is 10.2. The molecule has 1 saturated heterocycles. The number of hydrogen-bond acceptors (Lipinski definition) is 2. The second kappa shape index (κ2) is 8.35. The fourth-order valence-electron chi connectivity index (χ4n) is 2.33. The standard InChI is InChI=1S/C14H30N4/c1-5-6-9-16-14(15-4)17-13-7-10-18(11-8-13)12(2)3/h12-13H,5-11H2,1-4H3,(H2,15,16,17). The van der Waals surface area contributed by atoms with E-state index >= 15 is 0 Å². The van der Waals surface area contributed by atoms with E-state index in [-0.39, 0.29) is 0 Å². The zero-order valence-corrected chi connectivity index (χ0v) is 12.5. The molecule has 18 heavy (non-hydrogen) atoms. The van der Waals surface area contributed by atoms with Crippen molar-refractivity contribution in [3.8, 4) is 0 Å². The number of aliphatic imine (C=N–C) groups is 1. The van der Waals surface area contributed by atoms with Crippen LogP contribution in [-0.2, 0) is 0 Å². The van der Waals surface area contributed by atoms with Crippen LogP contribution in [0.1, 0.15) is 46.5 Å². The van der Waals surface area contributed by atoms with Crippen LogP contribution in [0.25, 0.3) is 0 Å². The second-order valence-electron chi connectivity index (χ2n) is 5.40. The summed E-state index contributed by atoms with van der Waals surface area (Å²) < 4.78 is 0. The minimum atomic E-state index is 0.577. The van der Waals surface area contributed by atoms with Crippen molar-refractivity contribution in [3.05, 3.63) is 0 Å². The number of hydrogen-bond donors (Lipinski definition) is 2. The van der Waals surface area contributed by atoms with Crippen molar-refractivity contribution < 1.29 is 0 Å². The number of piperidine rings is 1. The summed E-state index contributed by atoms with van der Waals surface area (Å²) in [7, 11) is 1.85. The molecular formula is C14H30N4. The zero-order valence-electron chi connectivity index (χ0n) is 12.5. The van der Waals surface area contributed by atoms with E-state index in [1.807, 2.05) is 7.05 Å². The average molecular weight is 254 g/mol. The summed E-state index contributed by atoms with van der Waals surface area (Å²) in [5.41, 5.74) is 0. The normalized spacial score (nSPS) is 19.3. The first-order valence-corrected chi connectivity index (χ1v) is 7.38. The minimum Gasteiger partial charge on any atom is -0.356 e.